The van der Waals surface area contributed by atoms with Gasteiger partial charge in [-0.1, -0.05) is 36.2 Å². The smallest absolute Gasteiger partial charge is 0.279 e. The molecule has 1 saturated heterocycles. The molecule has 5 nitrogen and oxygen atoms in total. The third kappa shape index (κ3) is 3.82. The second kappa shape index (κ2) is 7.66. The molecule has 1 N–H and O–H groups in total. The lowest BCUT2D eigenvalue weighted by molar-refractivity contribution is 0.101. The summed E-state index contributed by atoms with van der Waals surface area (Å²) in [5, 5.41) is 3.19. The van der Waals surface area contributed by atoms with Crippen molar-refractivity contribution in [3.8, 4) is 0 Å². The van der Waals surface area contributed by atoms with Crippen molar-refractivity contribution in [1.29, 1.82) is 0 Å². The summed E-state index contributed by atoms with van der Waals surface area (Å²) in [6.07, 6.45) is 5.07. The Labute approximate surface area is 161 Å². The number of fused-ring (bicyclic) bond motifs is 1. The normalized spacial score (nSPS) is 15.2. The molecule has 0 spiro atoms. The third-order valence-electron chi connectivity index (χ3n) is 4.85. The minimum atomic E-state index is -0.724. The number of halogens is 2. The van der Waals surface area contributed by atoms with Gasteiger partial charge in [0.2, 0.25) is 5.95 Å². The highest BCUT2D eigenvalue weighted by atomic mass is 35.5. The van der Waals surface area contributed by atoms with Gasteiger partial charge in [0.1, 0.15) is 5.65 Å². The Kier molecular flexibility index (Phi) is 5.09. The summed E-state index contributed by atoms with van der Waals surface area (Å²) in [7, 11) is 0. The fraction of sp³-hybridized carbons (Fsp3) is 0.300. The van der Waals surface area contributed by atoms with Gasteiger partial charge < -0.3 is 5.32 Å². The van der Waals surface area contributed by atoms with Gasteiger partial charge in [0.05, 0.1) is 5.02 Å². The summed E-state index contributed by atoms with van der Waals surface area (Å²) in [6, 6.07) is 10.8. The van der Waals surface area contributed by atoms with E-state index in [9.17, 15) is 9.18 Å². The highest BCUT2D eigenvalue weighted by Gasteiger charge is 2.21. The summed E-state index contributed by atoms with van der Waals surface area (Å²) >= 11 is 5.90. The number of carbonyl (C=O) groups excluding carboxylic acids is 1. The Morgan fingerprint density at radius 3 is 2.74 bits per heavy atom. The second-order valence-corrected chi connectivity index (χ2v) is 7.21. The van der Waals surface area contributed by atoms with Gasteiger partial charge in [-0.15, -0.1) is 0 Å². The predicted molar refractivity (Wildman–Crippen MR) is 104 cm³/mol. The van der Waals surface area contributed by atoms with Crippen LogP contribution in [-0.4, -0.2) is 33.3 Å². The molecule has 0 radical (unpaired) electrons. The van der Waals surface area contributed by atoms with Crippen molar-refractivity contribution in [3.05, 3.63) is 64.8 Å². The van der Waals surface area contributed by atoms with E-state index in [-0.39, 0.29) is 5.69 Å². The molecule has 1 aromatic carbocycles. The standard InChI is InChI=1S/C20H20ClFN4O/c21-15-8-9-17-24-18(19(22)26(17)13-15)20(27)23-16-7-3-2-6-14(16)12-25-10-4-1-5-11-25/h2-3,6-9,13H,1,4-5,10-12H2,(H,23,27). The molecule has 27 heavy (non-hydrogen) atoms. The zero-order chi connectivity index (χ0) is 18.8. The number of rotatable bonds is 4. The summed E-state index contributed by atoms with van der Waals surface area (Å²) < 4.78 is 15.8. The molecule has 1 amide bonds. The predicted octanol–water partition coefficient (Wildman–Crippen LogP) is 4.37. The Morgan fingerprint density at radius 2 is 1.93 bits per heavy atom. The first kappa shape index (κ1) is 17.9. The molecule has 0 unspecified atom stereocenters. The van der Waals surface area contributed by atoms with E-state index in [1.165, 1.54) is 29.9 Å². The number of hydrogen-bond acceptors (Lipinski definition) is 3. The molecule has 0 bridgehead atoms. The molecule has 0 aliphatic carbocycles. The number of nitrogens with zero attached hydrogens (tertiary/aromatic N) is 3. The molecule has 1 aliphatic rings. The van der Waals surface area contributed by atoms with Gasteiger partial charge in [-0.2, -0.15) is 4.39 Å². The van der Waals surface area contributed by atoms with Crippen LogP contribution in [0.1, 0.15) is 35.3 Å². The largest absolute Gasteiger partial charge is 0.320 e. The highest BCUT2D eigenvalue weighted by molar-refractivity contribution is 6.30. The van der Waals surface area contributed by atoms with E-state index in [0.717, 1.165) is 25.2 Å². The van der Waals surface area contributed by atoms with Gasteiger partial charge in [0.25, 0.3) is 5.91 Å². The molecule has 4 rings (SSSR count). The van der Waals surface area contributed by atoms with Crippen molar-refractivity contribution < 1.29 is 9.18 Å². The van der Waals surface area contributed by atoms with Crippen LogP contribution in [0.2, 0.25) is 5.02 Å². The Hall–Kier alpha value is -2.44. The molecule has 1 aliphatic heterocycles. The molecule has 3 aromatic rings. The lowest BCUT2D eigenvalue weighted by Crippen LogP contribution is -2.29. The summed E-state index contributed by atoms with van der Waals surface area (Å²) in [5.41, 5.74) is 1.79. The van der Waals surface area contributed by atoms with E-state index in [4.69, 9.17) is 11.6 Å². The summed E-state index contributed by atoms with van der Waals surface area (Å²) in [4.78, 5) is 19.1. The van der Waals surface area contributed by atoms with E-state index in [1.807, 2.05) is 24.3 Å². The van der Waals surface area contributed by atoms with Crippen LogP contribution in [0.3, 0.4) is 0 Å². The fourth-order valence-electron chi connectivity index (χ4n) is 3.45. The van der Waals surface area contributed by atoms with Crippen molar-refractivity contribution in [2.45, 2.75) is 25.8 Å². The lowest BCUT2D eigenvalue weighted by Gasteiger charge is -2.27. The number of benzene rings is 1. The molecule has 0 atom stereocenters. The van der Waals surface area contributed by atoms with Crippen molar-refractivity contribution >= 4 is 28.8 Å². The average molecular weight is 387 g/mol. The van der Waals surface area contributed by atoms with Crippen molar-refractivity contribution in [2.24, 2.45) is 0 Å². The van der Waals surface area contributed by atoms with Gasteiger partial charge in [-0.3, -0.25) is 14.1 Å². The second-order valence-electron chi connectivity index (χ2n) is 6.77. The number of hydrogen-bond donors (Lipinski definition) is 1. The first-order chi connectivity index (χ1) is 13.1. The summed E-state index contributed by atoms with van der Waals surface area (Å²) in [6.45, 7) is 2.88. The molecule has 2 aromatic heterocycles. The van der Waals surface area contributed by atoms with Crippen molar-refractivity contribution in [3.63, 3.8) is 0 Å². The topological polar surface area (TPSA) is 49.6 Å². The Morgan fingerprint density at radius 1 is 1.15 bits per heavy atom. The number of amides is 1. The first-order valence-electron chi connectivity index (χ1n) is 9.06. The van der Waals surface area contributed by atoms with Crippen LogP contribution in [0.25, 0.3) is 5.65 Å². The van der Waals surface area contributed by atoms with Gasteiger partial charge in [0, 0.05) is 18.4 Å². The number of pyridine rings is 1. The number of imidazole rings is 1. The molecule has 7 heteroatoms. The maximum Gasteiger partial charge on any atom is 0.279 e. The number of likely N-dealkylation sites (tertiary alicyclic amines) is 1. The van der Waals surface area contributed by atoms with E-state index < -0.39 is 11.9 Å². The number of carbonyl (C=O) groups is 1. The molecular formula is C20H20ClFN4O. The molecule has 1 fully saturated rings. The van der Waals surface area contributed by atoms with Crippen LogP contribution in [0.5, 0.6) is 0 Å². The highest BCUT2D eigenvalue weighted by Crippen LogP contribution is 2.22. The number of piperidine rings is 1. The summed E-state index contributed by atoms with van der Waals surface area (Å²) in [5.74, 6) is -1.29. The number of aromatic nitrogens is 2. The monoisotopic (exact) mass is 386 g/mol. The van der Waals surface area contributed by atoms with Crippen molar-refractivity contribution in [2.75, 3.05) is 18.4 Å². The van der Waals surface area contributed by atoms with E-state index in [1.54, 1.807) is 12.1 Å². The van der Waals surface area contributed by atoms with Crippen LogP contribution >= 0.6 is 11.6 Å². The maximum absolute atomic E-state index is 14.6. The average Bonchev–Trinajstić information content (AvgIpc) is 3.00. The van der Waals surface area contributed by atoms with E-state index in [0.29, 0.717) is 16.4 Å². The number of nitrogens with one attached hydrogen (secondary N) is 1. The quantitative estimate of drug-likeness (QED) is 0.724. The lowest BCUT2D eigenvalue weighted by atomic mass is 10.1. The minimum Gasteiger partial charge on any atom is -0.320 e. The van der Waals surface area contributed by atoms with E-state index in [2.05, 4.69) is 15.2 Å². The zero-order valence-electron chi connectivity index (χ0n) is 14.8. The van der Waals surface area contributed by atoms with Crippen LogP contribution in [0.15, 0.2) is 42.6 Å². The number of para-hydroxylation sites is 1. The Balaban J connectivity index is 1.57. The van der Waals surface area contributed by atoms with Gasteiger partial charge in [-0.25, -0.2) is 4.98 Å². The molecule has 0 saturated carbocycles. The van der Waals surface area contributed by atoms with Crippen molar-refractivity contribution in [1.82, 2.24) is 14.3 Å². The molecular weight excluding hydrogens is 367 g/mol. The van der Waals surface area contributed by atoms with Gasteiger partial charge >= 0.3 is 0 Å². The van der Waals surface area contributed by atoms with Crippen LogP contribution < -0.4 is 5.32 Å². The SMILES string of the molecule is O=C(Nc1ccccc1CN1CCCCC1)c1nc2ccc(Cl)cn2c1F. The molecule has 3 heterocycles. The Bertz CT molecular complexity index is 981. The minimum absolute atomic E-state index is 0.245. The van der Waals surface area contributed by atoms with E-state index >= 15 is 0 Å². The van der Waals surface area contributed by atoms with Gasteiger partial charge in [-0.05, 0) is 49.7 Å². The van der Waals surface area contributed by atoms with Crippen LogP contribution in [0.4, 0.5) is 10.1 Å². The van der Waals surface area contributed by atoms with Crippen LogP contribution in [-0.2, 0) is 6.54 Å². The fourth-order valence-corrected chi connectivity index (χ4v) is 3.62. The first-order valence-corrected chi connectivity index (χ1v) is 9.44. The molecule has 140 valence electrons. The maximum atomic E-state index is 14.6. The number of anilines is 1. The third-order valence-corrected chi connectivity index (χ3v) is 5.07. The van der Waals surface area contributed by atoms with Crippen LogP contribution in [0, 0.1) is 5.95 Å². The van der Waals surface area contributed by atoms with Gasteiger partial charge in [0.15, 0.2) is 5.69 Å². The zero-order valence-corrected chi connectivity index (χ0v) is 15.5.